The summed E-state index contributed by atoms with van der Waals surface area (Å²) in [4.78, 5) is 24.5. The molecule has 2 rings (SSSR count). The van der Waals surface area contributed by atoms with E-state index in [2.05, 4.69) is 10.6 Å². The van der Waals surface area contributed by atoms with Gasteiger partial charge in [0.2, 0.25) is 5.91 Å². The molecule has 2 N–H and O–H groups in total. The Balaban J connectivity index is 2.18. The first-order valence-electron chi connectivity index (χ1n) is 10.1. The highest BCUT2D eigenvalue weighted by Gasteiger charge is 2.39. The molecule has 0 spiro atoms. The molecule has 0 fully saturated rings. The minimum absolute atomic E-state index is 0.0384. The molecule has 12 heteroatoms. The molecule has 35 heavy (non-hydrogen) atoms. The molecule has 0 aliphatic carbocycles. The SMILES string of the molecule is COCC(NC(=O)c1ccc(/C=C/C(c2cc(Cl)c(Cl)c(Cl)c2)C(F)(F)F)cc1)C(=O)NCCF. The highest BCUT2D eigenvalue weighted by molar-refractivity contribution is 6.48. The number of nitrogens with one attached hydrogen (secondary N) is 2. The number of benzene rings is 2. The van der Waals surface area contributed by atoms with Gasteiger partial charge in [0.05, 0.1) is 27.6 Å². The molecule has 2 unspecified atom stereocenters. The number of hydrogen-bond acceptors (Lipinski definition) is 3. The van der Waals surface area contributed by atoms with Crippen molar-refractivity contribution in [3.63, 3.8) is 0 Å². The van der Waals surface area contributed by atoms with Crippen molar-refractivity contribution in [1.82, 2.24) is 10.6 Å². The van der Waals surface area contributed by atoms with Gasteiger partial charge in [0.25, 0.3) is 5.91 Å². The van der Waals surface area contributed by atoms with E-state index in [1.165, 1.54) is 37.5 Å². The third kappa shape index (κ3) is 8.38. The molecule has 2 atom stereocenters. The lowest BCUT2D eigenvalue weighted by Gasteiger charge is -2.18. The summed E-state index contributed by atoms with van der Waals surface area (Å²) in [6.45, 7) is -1.10. The van der Waals surface area contributed by atoms with Gasteiger partial charge in [-0.25, -0.2) is 4.39 Å². The second kappa shape index (κ2) is 13.1. The molecular weight excluding hydrogens is 535 g/mol. The summed E-state index contributed by atoms with van der Waals surface area (Å²) in [5, 5.41) is 4.54. The van der Waals surface area contributed by atoms with Crippen molar-refractivity contribution in [2.24, 2.45) is 0 Å². The molecule has 0 saturated heterocycles. The predicted molar refractivity (Wildman–Crippen MR) is 128 cm³/mol. The number of ether oxygens (including phenoxy) is 1. The van der Waals surface area contributed by atoms with E-state index >= 15 is 0 Å². The van der Waals surface area contributed by atoms with Gasteiger partial charge < -0.3 is 15.4 Å². The first-order chi connectivity index (χ1) is 16.5. The van der Waals surface area contributed by atoms with Gasteiger partial charge in [0.15, 0.2) is 0 Å². The fraction of sp³-hybridized carbons (Fsp3) is 0.304. The zero-order valence-corrected chi connectivity index (χ0v) is 20.5. The average Bonchev–Trinajstić information content (AvgIpc) is 2.80. The van der Waals surface area contributed by atoms with Gasteiger partial charge >= 0.3 is 6.18 Å². The van der Waals surface area contributed by atoms with Crippen LogP contribution in [0.1, 0.15) is 27.4 Å². The lowest BCUT2D eigenvalue weighted by molar-refractivity contribution is -0.139. The molecule has 190 valence electrons. The van der Waals surface area contributed by atoms with E-state index in [1.54, 1.807) is 0 Å². The van der Waals surface area contributed by atoms with Crippen LogP contribution in [0.2, 0.25) is 15.1 Å². The Bertz CT molecular complexity index is 1040. The molecule has 2 aromatic carbocycles. The van der Waals surface area contributed by atoms with E-state index in [1.807, 2.05) is 0 Å². The largest absolute Gasteiger partial charge is 0.399 e. The van der Waals surface area contributed by atoms with Crippen molar-refractivity contribution in [3.8, 4) is 0 Å². The van der Waals surface area contributed by atoms with Crippen molar-refractivity contribution < 1.29 is 31.9 Å². The van der Waals surface area contributed by atoms with Gasteiger partial charge in [-0.2, -0.15) is 13.2 Å². The molecule has 0 saturated carbocycles. The number of amides is 2. The van der Waals surface area contributed by atoms with E-state index in [4.69, 9.17) is 39.5 Å². The van der Waals surface area contributed by atoms with Gasteiger partial charge in [-0.3, -0.25) is 9.59 Å². The Hall–Kier alpha value is -2.33. The molecule has 2 amide bonds. The number of halogens is 7. The van der Waals surface area contributed by atoms with Crippen LogP contribution < -0.4 is 10.6 Å². The van der Waals surface area contributed by atoms with E-state index in [9.17, 15) is 27.2 Å². The highest BCUT2D eigenvalue weighted by atomic mass is 35.5. The van der Waals surface area contributed by atoms with Crippen LogP contribution in [-0.4, -0.2) is 51.0 Å². The minimum atomic E-state index is -4.63. The van der Waals surface area contributed by atoms with Crippen LogP contribution in [0.4, 0.5) is 17.6 Å². The number of alkyl halides is 4. The number of hydrogen-bond donors (Lipinski definition) is 2. The quantitative estimate of drug-likeness (QED) is 0.286. The van der Waals surface area contributed by atoms with E-state index in [0.717, 1.165) is 18.2 Å². The monoisotopic (exact) mass is 554 g/mol. The fourth-order valence-corrected chi connectivity index (χ4v) is 3.61. The Labute approximate surface area is 214 Å². The maximum absolute atomic E-state index is 13.7. The lowest BCUT2D eigenvalue weighted by Crippen LogP contribution is -2.49. The highest BCUT2D eigenvalue weighted by Crippen LogP contribution is 2.41. The molecule has 0 aliphatic rings. The van der Waals surface area contributed by atoms with Crippen LogP contribution in [0.25, 0.3) is 6.08 Å². The summed E-state index contributed by atoms with van der Waals surface area (Å²) in [7, 11) is 1.34. The van der Waals surface area contributed by atoms with Crippen molar-refractivity contribution in [2.75, 3.05) is 26.9 Å². The smallest absolute Gasteiger partial charge is 0.382 e. The molecule has 2 aromatic rings. The van der Waals surface area contributed by atoms with Gasteiger partial charge in [-0.1, -0.05) is 59.1 Å². The first kappa shape index (κ1) is 28.9. The fourth-order valence-electron chi connectivity index (χ4n) is 3.00. The number of rotatable bonds is 10. The molecule has 5 nitrogen and oxygen atoms in total. The maximum Gasteiger partial charge on any atom is 0.399 e. The van der Waals surface area contributed by atoms with Gasteiger partial charge in [-0.15, -0.1) is 0 Å². The zero-order chi connectivity index (χ0) is 26.2. The summed E-state index contributed by atoms with van der Waals surface area (Å²) in [6.07, 6.45) is -2.45. The van der Waals surface area contributed by atoms with Crippen molar-refractivity contribution in [3.05, 3.63) is 74.2 Å². The summed E-state index contributed by atoms with van der Waals surface area (Å²) >= 11 is 17.6. The zero-order valence-electron chi connectivity index (χ0n) is 18.3. The Kier molecular flexibility index (Phi) is 10.8. The third-order valence-corrected chi connectivity index (χ3v) is 5.92. The summed E-state index contributed by atoms with van der Waals surface area (Å²) in [5.74, 6) is -3.23. The van der Waals surface area contributed by atoms with Gasteiger partial charge in [0.1, 0.15) is 12.7 Å². The minimum Gasteiger partial charge on any atom is -0.382 e. The van der Waals surface area contributed by atoms with Crippen LogP contribution in [0.5, 0.6) is 0 Å². The Morgan fingerprint density at radius 1 is 1.09 bits per heavy atom. The molecule has 0 bridgehead atoms. The number of carbonyl (C=O) groups excluding carboxylic acids is 2. The standard InChI is InChI=1S/C23H21Cl3F4N2O3/c1-35-12-19(22(34)31-9-8-27)32-21(33)14-5-2-13(3-6-14)4-7-16(23(28,29)30)15-10-17(24)20(26)18(25)11-15/h2-7,10-11,16,19H,8-9,12H2,1H3,(H,31,34)(H,32,33)/b7-4+. The van der Waals surface area contributed by atoms with Crippen molar-refractivity contribution in [1.29, 1.82) is 0 Å². The van der Waals surface area contributed by atoms with Crippen molar-refractivity contribution >= 4 is 52.7 Å². The van der Waals surface area contributed by atoms with Crippen LogP contribution in [0.15, 0.2) is 42.5 Å². The van der Waals surface area contributed by atoms with E-state index in [0.29, 0.717) is 5.56 Å². The van der Waals surface area contributed by atoms with Crippen LogP contribution in [-0.2, 0) is 9.53 Å². The summed E-state index contributed by atoms with van der Waals surface area (Å²) in [6, 6.07) is 6.81. The number of allylic oxidation sites excluding steroid dienone is 1. The second-order valence-electron chi connectivity index (χ2n) is 7.26. The third-order valence-electron chi connectivity index (χ3n) is 4.72. The number of methoxy groups -OCH3 is 1. The molecule has 0 aromatic heterocycles. The van der Waals surface area contributed by atoms with Gasteiger partial charge in [0, 0.05) is 19.2 Å². The summed E-state index contributed by atoms with van der Waals surface area (Å²) < 4.78 is 58.2. The van der Waals surface area contributed by atoms with Crippen LogP contribution in [0.3, 0.4) is 0 Å². The van der Waals surface area contributed by atoms with E-state index in [-0.39, 0.29) is 39.3 Å². The first-order valence-corrected chi connectivity index (χ1v) is 11.2. The molecule has 0 radical (unpaired) electrons. The second-order valence-corrected chi connectivity index (χ2v) is 8.45. The summed E-state index contributed by atoms with van der Waals surface area (Å²) in [5.41, 5.74) is 0.362. The lowest BCUT2D eigenvalue weighted by atomic mass is 9.97. The topological polar surface area (TPSA) is 67.4 Å². The predicted octanol–water partition coefficient (Wildman–Crippen LogP) is 5.84. The normalized spacial score (nSPS) is 13.5. The van der Waals surface area contributed by atoms with Crippen molar-refractivity contribution in [2.45, 2.75) is 18.1 Å². The van der Waals surface area contributed by atoms with Gasteiger partial charge in [-0.05, 0) is 35.4 Å². The molecular formula is C23H21Cl3F4N2O3. The Morgan fingerprint density at radius 3 is 2.20 bits per heavy atom. The number of carbonyl (C=O) groups is 2. The molecule has 0 aliphatic heterocycles. The van der Waals surface area contributed by atoms with Crippen LogP contribution >= 0.6 is 34.8 Å². The van der Waals surface area contributed by atoms with E-state index < -0.39 is 36.6 Å². The maximum atomic E-state index is 13.7. The average molecular weight is 556 g/mol. The molecule has 0 heterocycles. The Morgan fingerprint density at radius 2 is 1.69 bits per heavy atom. The van der Waals surface area contributed by atoms with Crippen LogP contribution in [0, 0.1) is 0 Å².